The van der Waals surface area contributed by atoms with E-state index in [1.807, 2.05) is 0 Å². The quantitative estimate of drug-likeness (QED) is 0.0865. The van der Waals surface area contributed by atoms with Crippen LogP contribution in [-0.4, -0.2) is 56.6 Å². The van der Waals surface area contributed by atoms with Crippen molar-refractivity contribution in [2.75, 3.05) is 25.4 Å². The molecule has 58 heavy (non-hydrogen) atoms. The number of ether oxygens (including phenoxy) is 1. The Kier molecular flexibility index (Phi) is 11.9. The van der Waals surface area contributed by atoms with Gasteiger partial charge in [-0.2, -0.15) is 4.98 Å². The van der Waals surface area contributed by atoms with Crippen molar-refractivity contribution in [1.29, 1.82) is 0 Å². The number of hydrogen-bond acceptors (Lipinski definition) is 6. The van der Waals surface area contributed by atoms with Gasteiger partial charge in [0.05, 0.1) is 23.8 Å². The van der Waals surface area contributed by atoms with Crippen LogP contribution in [0.2, 0.25) is 24.7 Å². The Bertz CT molecular complexity index is 2270. The van der Waals surface area contributed by atoms with Crippen molar-refractivity contribution in [3.05, 3.63) is 191 Å². The maximum absolute atomic E-state index is 14.0. The van der Waals surface area contributed by atoms with Crippen molar-refractivity contribution in [3.63, 3.8) is 0 Å². The van der Waals surface area contributed by atoms with Crippen LogP contribution in [0.4, 0.5) is 5.82 Å². The second-order valence-electron chi connectivity index (χ2n) is 17.1. The first-order valence-electron chi connectivity index (χ1n) is 20.1. The normalized spacial score (nSPS) is 16.7. The Hall–Kier alpha value is -5.35. The highest BCUT2D eigenvalue weighted by molar-refractivity contribution is 6.99. The Morgan fingerprint density at radius 3 is 1.60 bits per heavy atom. The van der Waals surface area contributed by atoms with Gasteiger partial charge in [0.2, 0.25) is 0 Å². The molecule has 1 aliphatic rings. The average Bonchev–Trinajstić information content (AvgIpc) is 3.22. The Morgan fingerprint density at radius 2 is 1.17 bits per heavy atom. The topological polar surface area (TPSA) is 82.6 Å². The van der Waals surface area contributed by atoms with Crippen molar-refractivity contribution in [1.82, 2.24) is 14.5 Å². The van der Waals surface area contributed by atoms with E-state index < -0.39 is 40.0 Å². The van der Waals surface area contributed by atoms with Crippen molar-refractivity contribution >= 4 is 32.6 Å². The molecular formula is C49H54N4O3Si2. The predicted octanol–water partition coefficient (Wildman–Crippen LogP) is 7.82. The maximum Gasteiger partial charge on any atom is 0.351 e. The zero-order chi connectivity index (χ0) is 41.0. The van der Waals surface area contributed by atoms with Gasteiger partial charge in [-0.05, 0) is 32.1 Å². The number of nitrogens with zero attached hydrogens (tertiary/aromatic N) is 3. The van der Waals surface area contributed by atoms with Crippen LogP contribution in [0.3, 0.4) is 0 Å². The maximum atomic E-state index is 14.0. The van der Waals surface area contributed by atoms with E-state index in [0.29, 0.717) is 18.7 Å². The third-order valence-corrected chi connectivity index (χ3v) is 16.8. The standard InChI is InChI=1S/C49H54N4O3Si2/c1-48(2,3)58(43-28-18-10-19-29-43,44-30-20-11-21-31-44)55-37-42-35-52(36-45(56-42)53-34-38(32-33-57(4,5)6)46(50)51-47(53)54)49(39-22-12-7-13-23-39,40-24-14-8-15-25-40)41-26-16-9-17-27-41/h7-31,34,42,45H,35-37H2,1-6H3,(H2,50,51,54)/t42-,45+/m0/s1. The third kappa shape index (κ3) is 8.17. The summed E-state index contributed by atoms with van der Waals surface area (Å²) in [5.74, 6) is 3.39. The van der Waals surface area contributed by atoms with E-state index in [1.165, 1.54) is 10.4 Å². The molecule has 2 N–H and O–H groups in total. The van der Waals surface area contributed by atoms with Crippen LogP contribution in [0.25, 0.3) is 0 Å². The molecule has 7 rings (SSSR count). The average molecular weight is 803 g/mol. The minimum atomic E-state index is -2.96. The summed E-state index contributed by atoms with van der Waals surface area (Å²) >= 11 is 0. The first-order chi connectivity index (χ1) is 27.8. The molecule has 1 aromatic heterocycles. The zero-order valence-corrected chi connectivity index (χ0v) is 36.4. The summed E-state index contributed by atoms with van der Waals surface area (Å²) in [6.45, 7) is 14.5. The Balaban J connectivity index is 1.42. The zero-order valence-electron chi connectivity index (χ0n) is 34.4. The molecule has 0 saturated carbocycles. The molecule has 0 unspecified atom stereocenters. The lowest BCUT2D eigenvalue weighted by Crippen LogP contribution is -2.67. The Morgan fingerprint density at radius 1 is 0.724 bits per heavy atom. The molecule has 2 heterocycles. The van der Waals surface area contributed by atoms with Gasteiger partial charge >= 0.3 is 5.69 Å². The van der Waals surface area contributed by atoms with E-state index in [2.05, 4.69) is 213 Å². The van der Waals surface area contributed by atoms with Gasteiger partial charge in [0, 0.05) is 19.3 Å². The molecule has 1 aliphatic heterocycles. The van der Waals surface area contributed by atoms with Crippen LogP contribution in [0.5, 0.6) is 0 Å². The van der Waals surface area contributed by atoms with Gasteiger partial charge in [-0.3, -0.25) is 9.47 Å². The lowest BCUT2D eigenvalue weighted by Gasteiger charge is -2.51. The van der Waals surface area contributed by atoms with Crippen LogP contribution in [-0.2, 0) is 14.7 Å². The van der Waals surface area contributed by atoms with Gasteiger partial charge in [-0.25, -0.2) is 4.79 Å². The van der Waals surface area contributed by atoms with E-state index in [1.54, 1.807) is 10.8 Å². The summed E-state index contributed by atoms with van der Waals surface area (Å²) < 4.78 is 16.3. The number of nitrogens with two attached hydrogens (primary N) is 1. The third-order valence-electron chi connectivity index (χ3n) is 11.0. The molecule has 0 spiro atoms. The first-order valence-corrected chi connectivity index (χ1v) is 25.5. The largest absolute Gasteiger partial charge is 0.405 e. The van der Waals surface area contributed by atoms with Crippen LogP contribution >= 0.6 is 0 Å². The first kappa shape index (κ1) is 40.8. The highest BCUT2D eigenvalue weighted by atomic mass is 28.4. The van der Waals surface area contributed by atoms with E-state index in [-0.39, 0.29) is 17.5 Å². The van der Waals surface area contributed by atoms with Crippen molar-refractivity contribution in [2.24, 2.45) is 0 Å². The van der Waals surface area contributed by atoms with Gasteiger partial charge in [-0.1, -0.05) is 198 Å². The summed E-state index contributed by atoms with van der Waals surface area (Å²) in [4.78, 5) is 20.8. The van der Waals surface area contributed by atoms with Gasteiger partial charge in [0.25, 0.3) is 8.32 Å². The number of anilines is 1. The van der Waals surface area contributed by atoms with Gasteiger partial charge in [0.15, 0.2) is 6.23 Å². The number of benzene rings is 5. The summed E-state index contributed by atoms with van der Waals surface area (Å²) in [7, 11) is -4.74. The molecule has 7 nitrogen and oxygen atoms in total. The second-order valence-corrected chi connectivity index (χ2v) is 26.2. The smallest absolute Gasteiger partial charge is 0.351 e. The van der Waals surface area contributed by atoms with E-state index >= 15 is 0 Å². The van der Waals surface area contributed by atoms with E-state index in [9.17, 15) is 4.79 Å². The van der Waals surface area contributed by atoms with Crippen LogP contribution in [0.1, 0.15) is 49.3 Å². The predicted molar refractivity (Wildman–Crippen MR) is 241 cm³/mol. The van der Waals surface area contributed by atoms with Crippen molar-refractivity contribution in [3.8, 4) is 11.5 Å². The van der Waals surface area contributed by atoms with Crippen LogP contribution in [0.15, 0.2) is 163 Å². The fraction of sp³-hybridized carbons (Fsp3) is 0.265. The van der Waals surface area contributed by atoms with Crippen molar-refractivity contribution in [2.45, 2.75) is 63.3 Å². The molecule has 9 heteroatoms. The molecular weight excluding hydrogens is 749 g/mol. The van der Waals surface area contributed by atoms with E-state index in [4.69, 9.17) is 14.9 Å². The van der Waals surface area contributed by atoms with Gasteiger partial charge in [-0.15, -0.1) is 5.54 Å². The monoisotopic (exact) mass is 802 g/mol. The molecule has 6 aromatic rings. The van der Waals surface area contributed by atoms with Gasteiger partial charge < -0.3 is 14.9 Å². The fourth-order valence-corrected chi connectivity index (χ4v) is 13.5. The number of nitrogen functional groups attached to an aromatic ring is 1. The molecule has 0 radical (unpaired) electrons. The van der Waals surface area contributed by atoms with Crippen LogP contribution in [0, 0.1) is 11.5 Å². The highest BCUT2D eigenvalue weighted by Crippen LogP contribution is 2.45. The van der Waals surface area contributed by atoms with Crippen molar-refractivity contribution < 1.29 is 9.16 Å². The number of morpholine rings is 1. The molecule has 1 saturated heterocycles. The number of aromatic nitrogens is 2. The van der Waals surface area contributed by atoms with Gasteiger partial charge in [0.1, 0.15) is 13.9 Å². The summed E-state index contributed by atoms with van der Waals surface area (Å²) in [6, 6.07) is 53.2. The lowest BCUT2D eigenvalue weighted by molar-refractivity contribution is -0.149. The Labute approximate surface area is 345 Å². The molecule has 0 amide bonds. The number of hydrogen-bond donors (Lipinski definition) is 1. The molecule has 2 atom stereocenters. The molecule has 0 aliphatic carbocycles. The lowest BCUT2D eigenvalue weighted by atomic mass is 9.75. The molecule has 5 aromatic carbocycles. The summed E-state index contributed by atoms with van der Waals surface area (Å²) in [5.41, 5.74) is 12.3. The minimum absolute atomic E-state index is 0.124. The minimum Gasteiger partial charge on any atom is -0.405 e. The summed E-state index contributed by atoms with van der Waals surface area (Å²) in [6.07, 6.45) is 0.531. The van der Waals surface area contributed by atoms with E-state index in [0.717, 1.165) is 16.7 Å². The summed E-state index contributed by atoms with van der Waals surface area (Å²) in [5, 5.41) is 2.14. The number of rotatable bonds is 10. The highest BCUT2D eigenvalue weighted by Gasteiger charge is 2.52. The van der Waals surface area contributed by atoms with Crippen LogP contribution < -0.4 is 21.8 Å². The molecule has 0 bridgehead atoms. The second kappa shape index (κ2) is 16.9. The molecule has 296 valence electrons. The molecule has 1 fully saturated rings. The SMILES string of the molecule is CC(C)(C)[Si](OC[C@@H]1CN(C(c2ccccc2)(c2ccccc2)c2ccccc2)C[C@H](n2cc(C#C[Si](C)(C)C)c(N)nc2=O)O1)(c1ccccc1)c1ccccc1. The fourth-order valence-electron chi connectivity index (χ4n) is 8.44.